The predicted octanol–water partition coefficient (Wildman–Crippen LogP) is 3.82. The topological polar surface area (TPSA) is 33.6 Å². The molecular formula is C16H13N3. The number of benzene rings is 2. The normalized spacial score (nSPS) is 11.4. The molecule has 0 aliphatic heterocycles. The molecule has 3 nitrogen and oxygen atoms in total. The second-order valence-corrected chi connectivity index (χ2v) is 4.83. The Hall–Kier alpha value is -2.55. The van der Waals surface area contributed by atoms with E-state index in [2.05, 4.69) is 47.3 Å². The summed E-state index contributed by atoms with van der Waals surface area (Å²) in [7, 11) is 0. The summed E-state index contributed by atoms with van der Waals surface area (Å²) in [4.78, 5) is 3.41. The lowest BCUT2D eigenvalue weighted by atomic mass is 10.1. The molecule has 0 atom stereocenters. The molecule has 0 spiro atoms. The Morgan fingerprint density at radius 3 is 2.68 bits per heavy atom. The molecule has 2 aromatic carbocycles. The van der Waals surface area contributed by atoms with E-state index in [4.69, 9.17) is 0 Å². The molecule has 0 fully saturated rings. The van der Waals surface area contributed by atoms with Crippen LogP contribution in [0.1, 0.15) is 5.56 Å². The SMILES string of the molecule is Cc1ccc2[nH]c3cnn(-c4ccccc4)c3c2c1. The van der Waals surface area contributed by atoms with Crippen LogP contribution in [0.25, 0.3) is 27.6 Å². The maximum Gasteiger partial charge on any atom is 0.0997 e. The van der Waals surface area contributed by atoms with Crippen molar-refractivity contribution in [3.63, 3.8) is 0 Å². The number of rotatable bonds is 1. The van der Waals surface area contributed by atoms with E-state index in [1.54, 1.807) is 0 Å². The monoisotopic (exact) mass is 247 g/mol. The number of para-hydroxylation sites is 1. The van der Waals surface area contributed by atoms with Crippen molar-refractivity contribution >= 4 is 21.9 Å². The van der Waals surface area contributed by atoms with Crippen molar-refractivity contribution in [3.8, 4) is 5.69 Å². The van der Waals surface area contributed by atoms with Crippen LogP contribution in [-0.2, 0) is 0 Å². The zero-order valence-electron chi connectivity index (χ0n) is 10.6. The minimum atomic E-state index is 1.07. The minimum Gasteiger partial charge on any atom is -0.352 e. The van der Waals surface area contributed by atoms with E-state index >= 15 is 0 Å². The first-order valence-corrected chi connectivity index (χ1v) is 6.34. The molecule has 4 rings (SSSR count). The zero-order chi connectivity index (χ0) is 12.8. The molecule has 0 amide bonds. The Morgan fingerprint density at radius 2 is 1.84 bits per heavy atom. The first kappa shape index (κ1) is 10.4. The van der Waals surface area contributed by atoms with Crippen LogP contribution in [0.3, 0.4) is 0 Å². The van der Waals surface area contributed by atoms with Gasteiger partial charge in [-0.3, -0.25) is 0 Å². The van der Waals surface area contributed by atoms with Gasteiger partial charge < -0.3 is 4.98 Å². The highest BCUT2D eigenvalue weighted by atomic mass is 15.3. The van der Waals surface area contributed by atoms with Gasteiger partial charge in [-0.1, -0.05) is 29.8 Å². The Labute approximate surface area is 110 Å². The average Bonchev–Trinajstić information content (AvgIpc) is 2.99. The van der Waals surface area contributed by atoms with E-state index in [9.17, 15) is 0 Å². The van der Waals surface area contributed by atoms with Gasteiger partial charge in [0.05, 0.1) is 22.9 Å². The molecule has 19 heavy (non-hydrogen) atoms. The summed E-state index contributed by atoms with van der Waals surface area (Å²) >= 11 is 0. The zero-order valence-corrected chi connectivity index (χ0v) is 10.6. The lowest BCUT2D eigenvalue weighted by molar-refractivity contribution is 0.913. The molecule has 0 saturated carbocycles. The van der Waals surface area contributed by atoms with Crippen molar-refractivity contribution in [1.29, 1.82) is 0 Å². The number of aromatic amines is 1. The largest absolute Gasteiger partial charge is 0.352 e. The fourth-order valence-electron chi connectivity index (χ4n) is 2.57. The van der Waals surface area contributed by atoms with E-state index in [0.717, 1.165) is 22.2 Å². The van der Waals surface area contributed by atoms with E-state index in [-0.39, 0.29) is 0 Å². The summed E-state index contributed by atoms with van der Waals surface area (Å²) in [5.41, 5.74) is 5.71. The summed E-state index contributed by atoms with van der Waals surface area (Å²) in [5, 5.41) is 5.71. The standard InChI is InChI=1S/C16H13N3/c1-11-7-8-14-13(9-11)16-15(18-14)10-17-19(16)12-5-3-2-4-6-12/h2-10,18H,1H3. The molecule has 1 N–H and O–H groups in total. The van der Waals surface area contributed by atoms with Gasteiger partial charge in [0.25, 0.3) is 0 Å². The van der Waals surface area contributed by atoms with Crippen LogP contribution >= 0.6 is 0 Å². The quantitative estimate of drug-likeness (QED) is 0.545. The van der Waals surface area contributed by atoms with Crippen molar-refractivity contribution in [3.05, 3.63) is 60.3 Å². The number of H-pyrrole nitrogens is 1. The van der Waals surface area contributed by atoms with Gasteiger partial charge in [0.1, 0.15) is 0 Å². The fraction of sp³-hybridized carbons (Fsp3) is 0.0625. The molecule has 0 bridgehead atoms. The van der Waals surface area contributed by atoms with Crippen LogP contribution < -0.4 is 0 Å². The lowest BCUT2D eigenvalue weighted by Gasteiger charge is -2.02. The van der Waals surface area contributed by atoms with Gasteiger partial charge in [0.2, 0.25) is 0 Å². The molecule has 0 radical (unpaired) electrons. The number of nitrogens with zero attached hydrogens (tertiary/aromatic N) is 2. The van der Waals surface area contributed by atoms with Crippen LogP contribution in [0.15, 0.2) is 54.7 Å². The van der Waals surface area contributed by atoms with Crippen molar-refractivity contribution in [2.45, 2.75) is 6.92 Å². The number of hydrogen-bond acceptors (Lipinski definition) is 1. The number of aromatic nitrogens is 3. The lowest BCUT2D eigenvalue weighted by Crippen LogP contribution is -1.94. The van der Waals surface area contributed by atoms with Crippen LogP contribution in [0.4, 0.5) is 0 Å². The van der Waals surface area contributed by atoms with Crippen LogP contribution in [0.2, 0.25) is 0 Å². The van der Waals surface area contributed by atoms with Gasteiger partial charge in [-0.2, -0.15) is 5.10 Å². The van der Waals surface area contributed by atoms with Gasteiger partial charge in [-0.05, 0) is 31.2 Å². The highest BCUT2D eigenvalue weighted by Gasteiger charge is 2.11. The molecule has 2 aromatic heterocycles. The predicted molar refractivity (Wildman–Crippen MR) is 77.7 cm³/mol. The Kier molecular flexibility index (Phi) is 2.03. The number of fused-ring (bicyclic) bond motifs is 3. The molecule has 0 aliphatic rings. The summed E-state index contributed by atoms with van der Waals surface area (Å²) in [5.74, 6) is 0. The van der Waals surface area contributed by atoms with Crippen LogP contribution in [-0.4, -0.2) is 14.8 Å². The third-order valence-electron chi connectivity index (χ3n) is 3.47. The molecule has 3 heteroatoms. The van der Waals surface area contributed by atoms with Gasteiger partial charge in [0.15, 0.2) is 0 Å². The van der Waals surface area contributed by atoms with Crippen LogP contribution in [0.5, 0.6) is 0 Å². The summed E-state index contributed by atoms with van der Waals surface area (Å²) < 4.78 is 1.99. The molecule has 4 aromatic rings. The van der Waals surface area contributed by atoms with Crippen molar-refractivity contribution < 1.29 is 0 Å². The van der Waals surface area contributed by atoms with Gasteiger partial charge in [0, 0.05) is 10.9 Å². The van der Waals surface area contributed by atoms with Gasteiger partial charge >= 0.3 is 0 Å². The molecular weight excluding hydrogens is 234 g/mol. The van der Waals surface area contributed by atoms with E-state index in [0.29, 0.717) is 0 Å². The van der Waals surface area contributed by atoms with Crippen molar-refractivity contribution in [2.75, 3.05) is 0 Å². The highest BCUT2D eigenvalue weighted by Crippen LogP contribution is 2.27. The summed E-state index contributed by atoms with van der Waals surface area (Å²) in [6, 6.07) is 16.7. The molecule has 0 aliphatic carbocycles. The van der Waals surface area contributed by atoms with Crippen molar-refractivity contribution in [2.24, 2.45) is 0 Å². The second kappa shape index (κ2) is 3.72. The summed E-state index contributed by atoms with van der Waals surface area (Å²) in [6.07, 6.45) is 1.89. The molecule has 0 saturated heterocycles. The number of aryl methyl sites for hydroxylation is 1. The molecule has 92 valence electrons. The van der Waals surface area contributed by atoms with Gasteiger partial charge in [-0.25, -0.2) is 4.68 Å². The smallest absolute Gasteiger partial charge is 0.0997 e. The highest BCUT2D eigenvalue weighted by molar-refractivity contribution is 6.05. The third kappa shape index (κ3) is 1.48. The molecule has 0 unspecified atom stereocenters. The van der Waals surface area contributed by atoms with E-state index < -0.39 is 0 Å². The van der Waals surface area contributed by atoms with Gasteiger partial charge in [-0.15, -0.1) is 0 Å². The fourth-order valence-corrected chi connectivity index (χ4v) is 2.57. The van der Waals surface area contributed by atoms with Crippen LogP contribution in [0, 0.1) is 6.92 Å². The number of hydrogen-bond donors (Lipinski definition) is 1. The maximum absolute atomic E-state index is 4.49. The van der Waals surface area contributed by atoms with E-state index in [1.807, 2.05) is 29.1 Å². The first-order valence-electron chi connectivity index (χ1n) is 6.34. The Morgan fingerprint density at radius 1 is 1.00 bits per heavy atom. The Bertz CT molecular complexity index is 869. The second-order valence-electron chi connectivity index (χ2n) is 4.83. The van der Waals surface area contributed by atoms with E-state index in [1.165, 1.54) is 10.9 Å². The molecule has 2 heterocycles. The summed E-state index contributed by atoms with van der Waals surface area (Å²) in [6.45, 7) is 2.11. The average molecular weight is 247 g/mol. The van der Waals surface area contributed by atoms with Crippen molar-refractivity contribution in [1.82, 2.24) is 14.8 Å². The first-order chi connectivity index (χ1) is 9.33. The third-order valence-corrected chi connectivity index (χ3v) is 3.47. The Balaban J connectivity index is 2.12. The minimum absolute atomic E-state index is 1.07. The number of nitrogens with one attached hydrogen (secondary N) is 1. The maximum atomic E-state index is 4.49.